The molecule has 1 aromatic rings. The molecule has 1 fully saturated rings. The van der Waals surface area contributed by atoms with Crippen LogP contribution < -0.4 is 10.5 Å². The van der Waals surface area contributed by atoms with E-state index < -0.39 is 0 Å². The first-order valence-corrected chi connectivity index (χ1v) is 7.84. The number of hydrogen-bond acceptors (Lipinski definition) is 3. The lowest BCUT2D eigenvalue weighted by molar-refractivity contribution is 0.150. The fraction of sp³-hybridized carbons (Fsp3) is 0.625. The summed E-state index contributed by atoms with van der Waals surface area (Å²) in [5, 5.41) is 0.658. The van der Waals surface area contributed by atoms with Gasteiger partial charge in [0, 0.05) is 18.6 Å². The van der Waals surface area contributed by atoms with Crippen molar-refractivity contribution in [2.45, 2.75) is 44.7 Å². The molecule has 0 amide bonds. The minimum Gasteiger partial charge on any atom is -0.495 e. The van der Waals surface area contributed by atoms with Gasteiger partial charge in [-0.1, -0.05) is 30.5 Å². The minimum atomic E-state index is 0.242. The Hall–Kier alpha value is -0.770. The standard InChI is InChI=1S/C16H25ClN2O/c1-12-6-4-3-5-9-19(12)15(11-18)13-7-8-16(20-2)14(17)10-13/h7-8,10,12,15H,3-6,9,11,18H2,1-2H3. The molecule has 3 nitrogen and oxygen atoms in total. The van der Waals surface area contributed by atoms with Crippen molar-refractivity contribution < 1.29 is 4.74 Å². The highest BCUT2D eigenvalue weighted by atomic mass is 35.5. The average Bonchev–Trinajstić information content (AvgIpc) is 2.65. The van der Waals surface area contributed by atoms with Crippen molar-refractivity contribution in [2.75, 3.05) is 20.2 Å². The van der Waals surface area contributed by atoms with Gasteiger partial charge in [0.25, 0.3) is 0 Å². The number of hydrogen-bond donors (Lipinski definition) is 1. The van der Waals surface area contributed by atoms with Crippen LogP contribution in [-0.2, 0) is 0 Å². The lowest BCUT2D eigenvalue weighted by atomic mass is 10.0. The Balaban J connectivity index is 2.24. The predicted molar refractivity (Wildman–Crippen MR) is 84.4 cm³/mol. The van der Waals surface area contributed by atoms with Crippen molar-refractivity contribution in [1.29, 1.82) is 0 Å². The van der Waals surface area contributed by atoms with Crippen LogP contribution in [0.1, 0.15) is 44.2 Å². The molecular formula is C16H25ClN2O. The average molecular weight is 297 g/mol. The zero-order valence-electron chi connectivity index (χ0n) is 12.4. The Morgan fingerprint density at radius 3 is 2.85 bits per heavy atom. The van der Waals surface area contributed by atoms with Gasteiger partial charge in [-0.05, 0) is 44.0 Å². The van der Waals surface area contributed by atoms with Gasteiger partial charge in [-0.2, -0.15) is 0 Å². The van der Waals surface area contributed by atoms with Crippen molar-refractivity contribution in [3.63, 3.8) is 0 Å². The molecule has 112 valence electrons. The predicted octanol–water partition coefficient (Wildman–Crippen LogP) is 3.61. The highest BCUT2D eigenvalue weighted by Crippen LogP contribution is 2.32. The maximum Gasteiger partial charge on any atom is 0.137 e. The van der Waals surface area contributed by atoms with Gasteiger partial charge in [-0.25, -0.2) is 0 Å². The number of rotatable bonds is 4. The van der Waals surface area contributed by atoms with Crippen LogP contribution in [0.15, 0.2) is 18.2 Å². The molecule has 0 bridgehead atoms. The van der Waals surface area contributed by atoms with Crippen LogP contribution in [0.3, 0.4) is 0 Å². The summed E-state index contributed by atoms with van der Waals surface area (Å²) >= 11 is 6.25. The summed E-state index contributed by atoms with van der Waals surface area (Å²) in [7, 11) is 1.64. The quantitative estimate of drug-likeness (QED) is 0.922. The van der Waals surface area contributed by atoms with Crippen LogP contribution in [0.25, 0.3) is 0 Å². The van der Waals surface area contributed by atoms with Gasteiger partial charge in [-0.3, -0.25) is 4.90 Å². The van der Waals surface area contributed by atoms with Crippen molar-refractivity contribution in [1.82, 2.24) is 4.90 Å². The summed E-state index contributed by atoms with van der Waals surface area (Å²) in [5.74, 6) is 0.718. The van der Waals surface area contributed by atoms with E-state index in [-0.39, 0.29) is 6.04 Å². The largest absolute Gasteiger partial charge is 0.495 e. The van der Waals surface area contributed by atoms with Crippen LogP contribution in [-0.4, -0.2) is 31.1 Å². The first kappa shape index (κ1) is 15.6. The minimum absolute atomic E-state index is 0.242. The molecule has 0 aromatic heterocycles. The topological polar surface area (TPSA) is 38.5 Å². The smallest absolute Gasteiger partial charge is 0.137 e. The van der Waals surface area contributed by atoms with Gasteiger partial charge in [0.15, 0.2) is 0 Å². The van der Waals surface area contributed by atoms with Crippen LogP contribution in [0.5, 0.6) is 5.75 Å². The molecule has 0 saturated carbocycles. The highest BCUT2D eigenvalue weighted by Gasteiger charge is 2.25. The van der Waals surface area contributed by atoms with E-state index in [0.29, 0.717) is 17.6 Å². The molecule has 1 aliphatic rings. The molecule has 2 rings (SSSR count). The van der Waals surface area contributed by atoms with Crippen LogP contribution in [0, 0.1) is 0 Å². The number of nitrogens with two attached hydrogens (primary N) is 1. The molecule has 2 atom stereocenters. The summed E-state index contributed by atoms with van der Waals surface area (Å²) in [4.78, 5) is 2.53. The summed E-state index contributed by atoms with van der Waals surface area (Å²) in [5.41, 5.74) is 7.24. The first-order chi connectivity index (χ1) is 9.67. The number of nitrogens with zero attached hydrogens (tertiary/aromatic N) is 1. The Morgan fingerprint density at radius 1 is 1.40 bits per heavy atom. The van der Waals surface area contributed by atoms with Crippen molar-refractivity contribution >= 4 is 11.6 Å². The fourth-order valence-corrected chi connectivity index (χ4v) is 3.38. The fourth-order valence-electron chi connectivity index (χ4n) is 3.11. The van der Waals surface area contributed by atoms with Gasteiger partial charge in [0.2, 0.25) is 0 Å². The molecule has 1 saturated heterocycles. The van der Waals surface area contributed by atoms with Gasteiger partial charge < -0.3 is 10.5 Å². The second-order valence-corrected chi connectivity index (χ2v) is 5.99. The number of benzene rings is 1. The summed E-state index contributed by atoms with van der Waals surface area (Å²) in [6.45, 7) is 4.04. The van der Waals surface area contributed by atoms with Crippen LogP contribution in [0.4, 0.5) is 0 Å². The Kier molecular flexibility index (Phi) is 5.70. The van der Waals surface area contributed by atoms with E-state index in [9.17, 15) is 0 Å². The number of likely N-dealkylation sites (tertiary alicyclic amines) is 1. The normalized spacial score (nSPS) is 22.3. The zero-order chi connectivity index (χ0) is 14.5. The van der Waals surface area contributed by atoms with E-state index >= 15 is 0 Å². The molecule has 2 unspecified atom stereocenters. The third kappa shape index (κ3) is 3.46. The molecule has 1 aliphatic heterocycles. The van der Waals surface area contributed by atoms with Crippen LogP contribution in [0.2, 0.25) is 5.02 Å². The van der Waals surface area contributed by atoms with Gasteiger partial charge in [0.1, 0.15) is 5.75 Å². The molecule has 0 radical (unpaired) electrons. The molecule has 2 N–H and O–H groups in total. The second-order valence-electron chi connectivity index (χ2n) is 5.58. The van der Waals surface area contributed by atoms with Crippen molar-refractivity contribution in [3.05, 3.63) is 28.8 Å². The maximum atomic E-state index is 6.25. The van der Waals surface area contributed by atoms with E-state index in [1.165, 1.54) is 31.2 Å². The lowest BCUT2D eigenvalue weighted by Crippen LogP contribution is -2.39. The third-order valence-corrected chi connectivity index (χ3v) is 4.58. The molecule has 0 spiro atoms. The van der Waals surface area contributed by atoms with E-state index in [0.717, 1.165) is 12.3 Å². The summed E-state index contributed by atoms with van der Waals surface area (Å²) < 4.78 is 5.22. The summed E-state index contributed by atoms with van der Waals surface area (Å²) in [6, 6.07) is 6.83. The number of halogens is 1. The van der Waals surface area contributed by atoms with Crippen molar-refractivity contribution in [3.8, 4) is 5.75 Å². The Bertz CT molecular complexity index is 438. The van der Waals surface area contributed by atoms with E-state index in [1.807, 2.05) is 12.1 Å². The molecule has 1 heterocycles. The molecule has 4 heteroatoms. The van der Waals surface area contributed by atoms with Gasteiger partial charge in [-0.15, -0.1) is 0 Å². The highest BCUT2D eigenvalue weighted by molar-refractivity contribution is 6.32. The molecule has 20 heavy (non-hydrogen) atoms. The Morgan fingerprint density at radius 2 is 2.20 bits per heavy atom. The molecule has 1 aromatic carbocycles. The number of methoxy groups -OCH3 is 1. The van der Waals surface area contributed by atoms with Gasteiger partial charge in [0.05, 0.1) is 12.1 Å². The van der Waals surface area contributed by atoms with Crippen LogP contribution >= 0.6 is 11.6 Å². The lowest BCUT2D eigenvalue weighted by Gasteiger charge is -2.35. The monoisotopic (exact) mass is 296 g/mol. The van der Waals surface area contributed by atoms with E-state index in [2.05, 4.69) is 17.9 Å². The Labute approximate surface area is 127 Å². The maximum absolute atomic E-state index is 6.25. The molecular weight excluding hydrogens is 272 g/mol. The van der Waals surface area contributed by atoms with Crippen molar-refractivity contribution in [2.24, 2.45) is 5.73 Å². The zero-order valence-corrected chi connectivity index (χ0v) is 13.2. The third-order valence-electron chi connectivity index (χ3n) is 4.29. The summed E-state index contributed by atoms with van der Waals surface area (Å²) in [6.07, 6.45) is 5.14. The van der Waals surface area contributed by atoms with E-state index in [1.54, 1.807) is 7.11 Å². The first-order valence-electron chi connectivity index (χ1n) is 7.46. The van der Waals surface area contributed by atoms with E-state index in [4.69, 9.17) is 22.1 Å². The second kappa shape index (κ2) is 7.30. The molecule has 0 aliphatic carbocycles. The number of ether oxygens (including phenoxy) is 1. The SMILES string of the molecule is COc1ccc(C(CN)N2CCCCCC2C)cc1Cl. The van der Waals surface area contributed by atoms with Gasteiger partial charge >= 0.3 is 0 Å².